The van der Waals surface area contributed by atoms with Crippen LogP contribution in [0.2, 0.25) is 0 Å². The zero-order chi connectivity index (χ0) is 25.6. The Balaban J connectivity index is 1.17. The number of nitrogens with zero attached hydrogens (tertiary/aromatic N) is 5. The van der Waals surface area contributed by atoms with Gasteiger partial charge in [-0.05, 0) is 61.9 Å². The van der Waals surface area contributed by atoms with Gasteiger partial charge in [0.2, 0.25) is 5.91 Å². The third kappa shape index (κ3) is 6.51. The topological polar surface area (TPSA) is 52.2 Å². The number of hydrogen-bond donors (Lipinski definition) is 0. The highest BCUT2D eigenvalue weighted by Crippen LogP contribution is 2.29. The monoisotopic (exact) mass is 505 g/mol. The number of anilines is 1. The maximum atomic E-state index is 13.3. The van der Waals surface area contributed by atoms with Crippen LogP contribution < -0.4 is 4.90 Å². The number of hydrogen-bond acceptors (Lipinski definition) is 6. The maximum absolute atomic E-state index is 13.3. The standard InChI is InChI=1S/C30H43N5O2/c1-24-6-5-8-28(25(24)2)33-14-16-35(17-15-33)30(36)10-9-26-22-32(23-27-7-3-4-12-31-27)13-11-29(26)34-18-20-37-21-19-34/h3-8,12,26,29H,9-11,13-23H2,1-2H3/t26-,29+/m0/s1. The molecule has 0 spiro atoms. The molecule has 7 heteroatoms. The molecule has 1 aromatic heterocycles. The van der Waals surface area contributed by atoms with Crippen molar-refractivity contribution in [3.8, 4) is 0 Å². The molecule has 7 nitrogen and oxygen atoms in total. The zero-order valence-corrected chi connectivity index (χ0v) is 22.6. The minimum Gasteiger partial charge on any atom is -0.379 e. The number of piperazine rings is 1. The lowest BCUT2D eigenvalue weighted by molar-refractivity contribution is -0.132. The predicted molar refractivity (Wildman–Crippen MR) is 148 cm³/mol. The third-order valence-electron chi connectivity index (χ3n) is 8.68. The van der Waals surface area contributed by atoms with Crippen molar-refractivity contribution in [1.82, 2.24) is 19.7 Å². The van der Waals surface area contributed by atoms with Crippen LogP contribution >= 0.6 is 0 Å². The fourth-order valence-electron chi connectivity index (χ4n) is 6.37. The molecule has 0 radical (unpaired) electrons. The molecule has 0 bridgehead atoms. The second-order valence-electron chi connectivity index (χ2n) is 10.9. The van der Waals surface area contributed by atoms with E-state index in [4.69, 9.17) is 4.74 Å². The van der Waals surface area contributed by atoms with Crippen LogP contribution in [0.1, 0.15) is 36.1 Å². The molecular weight excluding hydrogens is 462 g/mol. The van der Waals surface area contributed by atoms with Crippen molar-refractivity contribution in [3.05, 3.63) is 59.4 Å². The Morgan fingerprint density at radius 2 is 1.78 bits per heavy atom. The second-order valence-corrected chi connectivity index (χ2v) is 10.9. The average molecular weight is 506 g/mol. The highest BCUT2D eigenvalue weighted by atomic mass is 16.5. The van der Waals surface area contributed by atoms with E-state index in [1.807, 2.05) is 12.3 Å². The minimum absolute atomic E-state index is 0.322. The first-order valence-corrected chi connectivity index (χ1v) is 14.1. The van der Waals surface area contributed by atoms with E-state index in [0.29, 0.717) is 24.3 Å². The van der Waals surface area contributed by atoms with Crippen molar-refractivity contribution in [2.24, 2.45) is 5.92 Å². The molecule has 0 aliphatic carbocycles. The molecule has 3 aliphatic heterocycles. The molecule has 0 unspecified atom stereocenters. The van der Waals surface area contributed by atoms with Crippen molar-refractivity contribution >= 4 is 11.6 Å². The van der Waals surface area contributed by atoms with Crippen LogP contribution in [0, 0.1) is 19.8 Å². The molecule has 200 valence electrons. The molecule has 0 saturated carbocycles. The van der Waals surface area contributed by atoms with Gasteiger partial charge < -0.3 is 14.5 Å². The summed E-state index contributed by atoms with van der Waals surface area (Å²) in [6.45, 7) is 14.5. The van der Waals surface area contributed by atoms with E-state index >= 15 is 0 Å². The summed E-state index contributed by atoms with van der Waals surface area (Å²) in [6.07, 6.45) is 4.63. The first kappa shape index (κ1) is 26.1. The van der Waals surface area contributed by atoms with Crippen molar-refractivity contribution in [2.75, 3.05) is 70.5 Å². The summed E-state index contributed by atoms with van der Waals surface area (Å²) in [5.74, 6) is 0.818. The lowest BCUT2D eigenvalue weighted by atomic mass is 9.86. The summed E-state index contributed by atoms with van der Waals surface area (Å²) < 4.78 is 5.63. The van der Waals surface area contributed by atoms with E-state index in [1.165, 1.54) is 16.8 Å². The van der Waals surface area contributed by atoms with Crippen LogP contribution in [0.3, 0.4) is 0 Å². The molecule has 0 N–H and O–H groups in total. The number of amides is 1. The molecule has 1 aromatic carbocycles. The summed E-state index contributed by atoms with van der Waals surface area (Å²) in [5.41, 5.74) is 5.12. The molecule has 3 saturated heterocycles. The quantitative estimate of drug-likeness (QED) is 0.575. The second kappa shape index (κ2) is 12.4. The molecule has 3 aliphatic rings. The summed E-state index contributed by atoms with van der Waals surface area (Å²) >= 11 is 0. The number of likely N-dealkylation sites (tertiary alicyclic amines) is 1. The number of ether oxygens (including phenoxy) is 1. The molecule has 37 heavy (non-hydrogen) atoms. The lowest BCUT2D eigenvalue weighted by Crippen LogP contribution is -2.54. The highest BCUT2D eigenvalue weighted by molar-refractivity contribution is 5.76. The van der Waals surface area contributed by atoms with E-state index in [1.54, 1.807) is 0 Å². The minimum atomic E-state index is 0.322. The number of carbonyl (C=O) groups excluding carboxylic acids is 1. The van der Waals surface area contributed by atoms with Crippen LogP contribution in [0.15, 0.2) is 42.6 Å². The van der Waals surface area contributed by atoms with Crippen molar-refractivity contribution in [1.29, 1.82) is 0 Å². The fourth-order valence-corrected chi connectivity index (χ4v) is 6.37. The number of carbonyl (C=O) groups is 1. The number of benzene rings is 1. The van der Waals surface area contributed by atoms with Crippen LogP contribution in [-0.4, -0.2) is 97.2 Å². The van der Waals surface area contributed by atoms with E-state index in [9.17, 15) is 4.79 Å². The number of pyridine rings is 1. The van der Waals surface area contributed by atoms with E-state index < -0.39 is 0 Å². The predicted octanol–water partition coefficient (Wildman–Crippen LogP) is 3.35. The molecule has 3 fully saturated rings. The van der Waals surface area contributed by atoms with Gasteiger partial charge in [0.15, 0.2) is 0 Å². The molecule has 5 rings (SSSR count). The SMILES string of the molecule is Cc1cccc(N2CCN(C(=O)CC[C@H]3CN(Cc4ccccn4)CC[C@H]3N3CCOCC3)CC2)c1C. The fraction of sp³-hybridized carbons (Fsp3) is 0.600. The number of aryl methyl sites for hydroxylation is 1. The molecular formula is C30H43N5O2. The van der Waals surface area contributed by atoms with E-state index in [2.05, 4.69) is 68.8 Å². The number of piperidine rings is 1. The Kier molecular flexibility index (Phi) is 8.74. The molecule has 1 amide bonds. The Hall–Kier alpha value is -2.48. The van der Waals surface area contributed by atoms with Crippen LogP contribution in [0.4, 0.5) is 5.69 Å². The summed E-state index contributed by atoms with van der Waals surface area (Å²) in [5, 5.41) is 0. The van der Waals surface area contributed by atoms with Gasteiger partial charge in [0.1, 0.15) is 0 Å². The van der Waals surface area contributed by atoms with Gasteiger partial charge in [-0.2, -0.15) is 0 Å². The van der Waals surface area contributed by atoms with E-state index in [-0.39, 0.29) is 0 Å². The third-order valence-corrected chi connectivity index (χ3v) is 8.68. The maximum Gasteiger partial charge on any atom is 0.222 e. The average Bonchev–Trinajstić information content (AvgIpc) is 2.94. The van der Waals surface area contributed by atoms with Crippen LogP contribution in [0.25, 0.3) is 0 Å². The Bertz CT molecular complexity index is 1020. The normalized spacial score (nSPS) is 23.8. The lowest BCUT2D eigenvalue weighted by Gasteiger charge is -2.45. The molecule has 2 atom stereocenters. The zero-order valence-electron chi connectivity index (χ0n) is 22.6. The summed E-state index contributed by atoms with van der Waals surface area (Å²) in [4.78, 5) is 27.6. The number of rotatable bonds is 7. The Morgan fingerprint density at radius 3 is 2.54 bits per heavy atom. The number of aromatic nitrogens is 1. The number of morpholine rings is 1. The summed E-state index contributed by atoms with van der Waals surface area (Å²) in [7, 11) is 0. The molecule has 2 aromatic rings. The molecule has 4 heterocycles. The van der Waals surface area contributed by atoms with Gasteiger partial charge in [-0.1, -0.05) is 18.2 Å². The first-order chi connectivity index (χ1) is 18.1. The Morgan fingerprint density at radius 1 is 0.973 bits per heavy atom. The van der Waals surface area contributed by atoms with Gasteiger partial charge in [0.25, 0.3) is 0 Å². The van der Waals surface area contributed by atoms with Crippen molar-refractivity contribution < 1.29 is 9.53 Å². The Labute approximate surface area is 222 Å². The smallest absolute Gasteiger partial charge is 0.222 e. The van der Waals surface area contributed by atoms with Gasteiger partial charge >= 0.3 is 0 Å². The van der Waals surface area contributed by atoms with Crippen molar-refractivity contribution in [3.63, 3.8) is 0 Å². The van der Waals surface area contributed by atoms with Crippen molar-refractivity contribution in [2.45, 2.75) is 45.7 Å². The first-order valence-electron chi connectivity index (χ1n) is 14.1. The van der Waals surface area contributed by atoms with Crippen LogP contribution in [0.5, 0.6) is 0 Å². The van der Waals surface area contributed by atoms with Gasteiger partial charge in [0, 0.05) is 83.2 Å². The largest absolute Gasteiger partial charge is 0.379 e. The van der Waals surface area contributed by atoms with Gasteiger partial charge in [-0.15, -0.1) is 0 Å². The van der Waals surface area contributed by atoms with E-state index in [0.717, 1.165) is 90.7 Å². The highest BCUT2D eigenvalue weighted by Gasteiger charge is 2.34. The summed E-state index contributed by atoms with van der Waals surface area (Å²) in [6, 6.07) is 13.2. The van der Waals surface area contributed by atoms with Gasteiger partial charge in [-0.3, -0.25) is 19.6 Å². The van der Waals surface area contributed by atoms with Gasteiger partial charge in [0.05, 0.1) is 18.9 Å². The van der Waals surface area contributed by atoms with Crippen LogP contribution in [-0.2, 0) is 16.1 Å². The van der Waals surface area contributed by atoms with Gasteiger partial charge in [-0.25, -0.2) is 0 Å².